The summed E-state index contributed by atoms with van der Waals surface area (Å²) in [4.78, 5) is 31.4. The summed E-state index contributed by atoms with van der Waals surface area (Å²) >= 11 is 0. The monoisotopic (exact) mass is 474 g/mol. The lowest BCUT2D eigenvalue weighted by atomic mass is 9.76. The Bertz CT molecular complexity index is 1030. The van der Waals surface area contributed by atoms with Gasteiger partial charge >= 0.3 is 6.18 Å². The van der Waals surface area contributed by atoms with E-state index in [0.29, 0.717) is 57.4 Å². The van der Waals surface area contributed by atoms with Crippen molar-refractivity contribution >= 4 is 17.5 Å². The molecular weight excluding hydrogens is 445 g/mol. The van der Waals surface area contributed by atoms with Crippen LogP contribution in [0.4, 0.5) is 18.9 Å². The molecule has 182 valence electrons. The van der Waals surface area contributed by atoms with E-state index in [1.54, 1.807) is 31.1 Å². The highest BCUT2D eigenvalue weighted by Crippen LogP contribution is 2.46. The number of piperidine rings is 1. The van der Waals surface area contributed by atoms with Crippen molar-refractivity contribution in [1.29, 1.82) is 5.26 Å². The molecule has 0 radical (unpaired) electrons. The van der Waals surface area contributed by atoms with Crippen molar-refractivity contribution in [1.82, 2.24) is 9.80 Å². The normalized spacial score (nSPS) is 22.3. The lowest BCUT2D eigenvalue weighted by molar-refractivity contribution is -0.144. The van der Waals surface area contributed by atoms with Crippen molar-refractivity contribution in [2.24, 2.45) is 11.3 Å². The van der Waals surface area contributed by atoms with Crippen molar-refractivity contribution in [3.8, 4) is 6.07 Å². The average molecular weight is 475 g/mol. The van der Waals surface area contributed by atoms with Gasteiger partial charge in [0.25, 0.3) is 0 Å². The van der Waals surface area contributed by atoms with E-state index in [0.717, 1.165) is 6.07 Å². The van der Waals surface area contributed by atoms with Crippen LogP contribution in [0, 0.1) is 22.7 Å². The lowest BCUT2D eigenvalue weighted by Crippen LogP contribution is -2.47. The second-order valence-electron chi connectivity index (χ2n) is 9.88. The third-order valence-electron chi connectivity index (χ3n) is 7.49. The molecule has 3 aliphatic rings. The summed E-state index contributed by atoms with van der Waals surface area (Å²) in [5, 5.41) is 9.05. The maximum atomic E-state index is 13.4. The number of alkyl halides is 3. The van der Waals surface area contributed by atoms with Crippen LogP contribution in [0.5, 0.6) is 0 Å². The molecule has 1 aliphatic carbocycles. The summed E-state index contributed by atoms with van der Waals surface area (Å²) in [5.74, 6) is -0.181. The molecule has 34 heavy (non-hydrogen) atoms. The Labute approximate surface area is 197 Å². The minimum atomic E-state index is -4.60. The molecule has 1 spiro atoms. The highest BCUT2D eigenvalue weighted by Gasteiger charge is 2.51. The molecule has 0 N–H and O–H groups in total. The first-order valence-corrected chi connectivity index (χ1v) is 11.6. The van der Waals surface area contributed by atoms with Gasteiger partial charge in [0, 0.05) is 45.3 Å². The van der Waals surface area contributed by atoms with Gasteiger partial charge in [-0.3, -0.25) is 9.59 Å². The molecule has 2 fully saturated rings. The van der Waals surface area contributed by atoms with Crippen molar-refractivity contribution in [2.45, 2.75) is 44.3 Å². The van der Waals surface area contributed by atoms with E-state index in [1.165, 1.54) is 11.0 Å². The first-order chi connectivity index (χ1) is 16.0. The average Bonchev–Trinajstić information content (AvgIpc) is 3.46. The number of likely N-dealkylation sites (N-methyl/N-ethyl adjacent to an activating group) is 1. The van der Waals surface area contributed by atoms with E-state index >= 15 is 0 Å². The molecule has 2 aliphatic heterocycles. The number of carbonyl (C=O) groups excluding carboxylic acids is 2. The summed E-state index contributed by atoms with van der Waals surface area (Å²) in [5.41, 5.74) is -1.10. The van der Waals surface area contributed by atoms with Gasteiger partial charge in [-0.25, -0.2) is 0 Å². The summed E-state index contributed by atoms with van der Waals surface area (Å²) in [6.07, 6.45) is 2.73. The van der Waals surface area contributed by atoms with Gasteiger partial charge in [-0.05, 0) is 55.7 Å². The van der Waals surface area contributed by atoms with Gasteiger partial charge in [-0.2, -0.15) is 18.4 Å². The Hall–Kier alpha value is -3.02. The van der Waals surface area contributed by atoms with Crippen molar-refractivity contribution in [2.75, 3.05) is 38.6 Å². The van der Waals surface area contributed by atoms with Crippen LogP contribution in [0.3, 0.4) is 0 Å². The first-order valence-electron chi connectivity index (χ1n) is 11.6. The van der Waals surface area contributed by atoms with E-state index in [-0.39, 0.29) is 28.7 Å². The van der Waals surface area contributed by atoms with Gasteiger partial charge in [0.15, 0.2) is 0 Å². The van der Waals surface area contributed by atoms with Crippen LogP contribution in [0.2, 0.25) is 0 Å². The standard InChI is InChI=1S/C25H29F3N4O2/c1-30(2)23(34)21-14-24(16-32(21)22(33)17-5-3-4-6-17)9-11-31(12-10-24)19-8-7-18(15-29)20(13-19)25(26,27)28/h3-4,7-8,13,17,21H,5-6,9-12,14,16H2,1-2H3. The maximum absolute atomic E-state index is 13.4. The van der Waals surface area contributed by atoms with E-state index in [1.807, 2.05) is 17.1 Å². The first kappa shape index (κ1) is 24.1. The molecule has 2 saturated heterocycles. The van der Waals surface area contributed by atoms with Crippen LogP contribution in [0.25, 0.3) is 0 Å². The molecule has 6 nitrogen and oxygen atoms in total. The fourth-order valence-electron chi connectivity index (χ4n) is 5.52. The van der Waals surface area contributed by atoms with Crippen LogP contribution >= 0.6 is 0 Å². The predicted octanol–water partition coefficient (Wildman–Crippen LogP) is 3.82. The zero-order valence-corrected chi connectivity index (χ0v) is 19.4. The topological polar surface area (TPSA) is 67.7 Å². The number of halogens is 3. The third-order valence-corrected chi connectivity index (χ3v) is 7.49. The van der Waals surface area contributed by atoms with Crippen LogP contribution < -0.4 is 4.90 Å². The van der Waals surface area contributed by atoms with Gasteiger partial charge < -0.3 is 14.7 Å². The molecule has 1 unspecified atom stereocenters. The predicted molar refractivity (Wildman–Crippen MR) is 121 cm³/mol. The fraction of sp³-hybridized carbons (Fsp3) is 0.560. The van der Waals surface area contributed by atoms with Gasteiger partial charge in [0.05, 0.1) is 17.2 Å². The van der Waals surface area contributed by atoms with Crippen LogP contribution in [0.1, 0.15) is 43.2 Å². The molecule has 2 amide bonds. The van der Waals surface area contributed by atoms with E-state index < -0.39 is 17.8 Å². The summed E-state index contributed by atoms with van der Waals surface area (Å²) in [7, 11) is 3.39. The second kappa shape index (κ2) is 8.97. The third kappa shape index (κ3) is 4.50. The van der Waals surface area contributed by atoms with Crippen LogP contribution in [-0.2, 0) is 15.8 Å². The minimum Gasteiger partial charge on any atom is -0.371 e. The maximum Gasteiger partial charge on any atom is 0.417 e. The quantitative estimate of drug-likeness (QED) is 0.625. The Morgan fingerprint density at radius 1 is 1.15 bits per heavy atom. The zero-order chi connectivity index (χ0) is 24.7. The highest BCUT2D eigenvalue weighted by atomic mass is 19.4. The van der Waals surface area contributed by atoms with Gasteiger partial charge in [0.1, 0.15) is 6.04 Å². The molecule has 1 aromatic carbocycles. The number of anilines is 1. The fourth-order valence-corrected chi connectivity index (χ4v) is 5.52. The summed E-state index contributed by atoms with van der Waals surface area (Å²) in [6, 6.07) is 4.95. The molecule has 1 aromatic rings. The molecule has 9 heteroatoms. The van der Waals surface area contributed by atoms with Gasteiger partial charge in [-0.15, -0.1) is 0 Å². The number of hydrogen-bond acceptors (Lipinski definition) is 4. The van der Waals surface area contributed by atoms with E-state index in [4.69, 9.17) is 5.26 Å². The van der Waals surface area contributed by atoms with Crippen molar-refractivity contribution < 1.29 is 22.8 Å². The largest absolute Gasteiger partial charge is 0.417 e. The number of hydrogen-bond donors (Lipinski definition) is 0. The van der Waals surface area contributed by atoms with Gasteiger partial charge in [0.2, 0.25) is 11.8 Å². The number of amides is 2. The number of allylic oxidation sites excluding steroid dienone is 2. The highest BCUT2D eigenvalue weighted by molar-refractivity contribution is 5.89. The molecule has 0 saturated carbocycles. The van der Waals surface area contributed by atoms with Crippen LogP contribution in [-0.4, -0.2) is 61.4 Å². The van der Waals surface area contributed by atoms with E-state index in [2.05, 4.69) is 0 Å². The van der Waals surface area contributed by atoms with Crippen LogP contribution in [0.15, 0.2) is 30.4 Å². The molecule has 0 aromatic heterocycles. The molecular formula is C25H29F3N4O2. The lowest BCUT2D eigenvalue weighted by Gasteiger charge is -2.40. The number of nitrogens with zero attached hydrogens (tertiary/aromatic N) is 4. The SMILES string of the molecule is CN(C)C(=O)C1CC2(CCN(c3ccc(C#N)c(C(F)(F)F)c3)CC2)CN1C(=O)C1CC=CC1. The number of benzene rings is 1. The summed E-state index contributed by atoms with van der Waals surface area (Å²) < 4.78 is 40.2. The smallest absolute Gasteiger partial charge is 0.371 e. The zero-order valence-electron chi connectivity index (χ0n) is 19.4. The number of rotatable bonds is 3. The number of likely N-dealkylation sites (tertiary alicyclic amines) is 1. The van der Waals surface area contributed by atoms with Gasteiger partial charge in [-0.1, -0.05) is 12.2 Å². The van der Waals surface area contributed by atoms with Crippen molar-refractivity contribution in [3.05, 3.63) is 41.5 Å². The molecule has 1 atom stereocenters. The molecule has 2 heterocycles. The van der Waals surface area contributed by atoms with Crippen molar-refractivity contribution in [3.63, 3.8) is 0 Å². The Balaban J connectivity index is 1.51. The minimum absolute atomic E-state index is 0.0198. The Morgan fingerprint density at radius 3 is 2.35 bits per heavy atom. The summed E-state index contributed by atoms with van der Waals surface area (Å²) in [6.45, 7) is 1.56. The molecule has 0 bridgehead atoms. The van der Waals surface area contributed by atoms with E-state index in [9.17, 15) is 22.8 Å². The Kier molecular flexibility index (Phi) is 6.36. The number of nitriles is 1. The number of carbonyl (C=O) groups is 2. The molecule has 4 rings (SSSR count). The Morgan fingerprint density at radius 2 is 1.79 bits per heavy atom. The second-order valence-corrected chi connectivity index (χ2v) is 9.88.